The molecule has 0 saturated heterocycles. The fourth-order valence-electron chi connectivity index (χ4n) is 1.28. The van der Waals surface area contributed by atoms with Crippen molar-refractivity contribution in [3.63, 3.8) is 0 Å². The fourth-order valence-corrected chi connectivity index (χ4v) is 2.32. The van der Waals surface area contributed by atoms with E-state index in [0.29, 0.717) is 0 Å². The van der Waals surface area contributed by atoms with Crippen LogP contribution in [0.15, 0.2) is 36.0 Å². The summed E-state index contributed by atoms with van der Waals surface area (Å²) in [6.45, 7) is 1.69. The lowest BCUT2D eigenvalue weighted by atomic mass is 10.3. The Morgan fingerprint density at radius 1 is 1.40 bits per heavy atom. The molecule has 0 saturated carbocycles. The van der Waals surface area contributed by atoms with Crippen molar-refractivity contribution in [3.05, 3.63) is 51.4 Å². The van der Waals surface area contributed by atoms with E-state index in [1.165, 1.54) is 10.4 Å². The Hall–Kier alpha value is -0.900. The molecule has 0 spiro atoms. The first-order chi connectivity index (χ1) is 7.34. The zero-order valence-corrected chi connectivity index (χ0v) is 9.68. The molecule has 2 aromatic heterocycles. The first-order valence-electron chi connectivity index (χ1n) is 4.67. The zero-order chi connectivity index (χ0) is 10.5. The summed E-state index contributed by atoms with van der Waals surface area (Å²) < 4.78 is 0. The van der Waals surface area contributed by atoms with Gasteiger partial charge in [-0.2, -0.15) is 0 Å². The van der Waals surface area contributed by atoms with Crippen molar-refractivity contribution in [2.45, 2.75) is 13.1 Å². The molecule has 0 atom stereocenters. The Morgan fingerprint density at radius 2 is 2.33 bits per heavy atom. The van der Waals surface area contributed by atoms with Crippen molar-refractivity contribution < 1.29 is 0 Å². The summed E-state index contributed by atoms with van der Waals surface area (Å²) in [5, 5.41) is 6.11. The average molecular weight is 239 g/mol. The van der Waals surface area contributed by atoms with Crippen molar-refractivity contribution in [1.82, 2.24) is 10.3 Å². The number of rotatable bonds is 4. The quantitative estimate of drug-likeness (QED) is 0.886. The van der Waals surface area contributed by atoms with Gasteiger partial charge in [-0.1, -0.05) is 17.7 Å². The van der Waals surface area contributed by atoms with Crippen LogP contribution >= 0.6 is 22.9 Å². The van der Waals surface area contributed by atoms with Crippen LogP contribution in [0, 0.1) is 0 Å². The van der Waals surface area contributed by atoms with Gasteiger partial charge < -0.3 is 5.32 Å². The van der Waals surface area contributed by atoms with E-state index in [1.807, 2.05) is 23.7 Å². The van der Waals surface area contributed by atoms with Gasteiger partial charge in [0.25, 0.3) is 0 Å². The molecule has 2 heterocycles. The molecule has 0 unspecified atom stereocenters. The molecule has 0 radical (unpaired) electrons. The molecule has 15 heavy (non-hydrogen) atoms. The molecular weight excluding hydrogens is 228 g/mol. The van der Waals surface area contributed by atoms with Crippen LogP contribution in [0.5, 0.6) is 0 Å². The van der Waals surface area contributed by atoms with Crippen LogP contribution in [0.4, 0.5) is 0 Å². The van der Waals surface area contributed by atoms with Crippen molar-refractivity contribution in [2.24, 2.45) is 0 Å². The monoisotopic (exact) mass is 238 g/mol. The largest absolute Gasteiger partial charge is 0.308 e. The summed E-state index contributed by atoms with van der Waals surface area (Å²) in [5.41, 5.74) is 1.19. The molecule has 2 rings (SSSR count). The molecule has 4 heteroatoms. The third kappa shape index (κ3) is 3.30. The van der Waals surface area contributed by atoms with Crippen LogP contribution in [-0.4, -0.2) is 4.98 Å². The number of thiophene rings is 1. The molecular formula is C11H11ClN2S. The summed E-state index contributed by atoms with van der Waals surface area (Å²) in [6.07, 6.45) is 3.65. The van der Waals surface area contributed by atoms with Gasteiger partial charge in [-0.25, -0.2) is 0 Å². The Morgan fingerprint density at radius 3 is 3.00 bits per heavy atom. The molecule has 1 N–H and O–H groups in total. The molecule has 0 bridgehead atoms. The first-order valence-corrected chi connectivity index (χ1v) is 5.93. The topological polar surface area (TPSA) is 24.9 Å². The van der Waals surface area contributed by atoms with Gasteiger partial charge in [0.2, 0.25) is 0 Å². The van der Waals surface area contributed by atoms with Gasteiger partial charge in [0.05, 0.1) is 5.02 Å². The van der Waals surface area contributed by atoms with Gasteiger partial charge in [0.1, 0.15) is 0 Å². The minimum absolute atomic E-state index is 0.818. The minimum atomic E-state index is 0.818. The summed E-state index contributed by atoms with van der Waals surface area (Å²) in [4.78, 5) is 5.31. The van der Waals surface area contributed by atoms with E-state index < -0.39 is 0 Å². The maximum absolute atomic E-state index is 5.83. The maximum Gasteiger partial charge on any atom is 0.0516 e. The SMILES string of the molecule is Clc1csc(CNCc2cccnc2)c1. The molecule has 0 aliphatic rings. The highest BCUT2D eigenvalue weighted by Crippen LogP contribution is 2.18. The summed E-state index contributed by atoms with van der Waals surface area (Å²) in [5.74, 6) is 0. The molecule has 0 aliphatic heterocycles. The highest BCUT2D eigenvalue weighted by atomic mass is 35.5. The highest BCUT2D eigenvalue weighted by molar-refractivity contribution is 7.10. The molecule has 0 aromatic carbocycles. The van der Waals surface area contributed by atoms with Gasteiger partial charge in [-0.05, 0) is 17.7 Å². The second kappa shape index (κ2) is 5.26. The Balaban J connectivity index is 1.80. The van der Waals surface area contributed by atoms with Crippen molar-refractivity contribution >= 4 is 22.9 Å². The predicted octanol–water partition coefficient (Wildman–Crippen LogP) is 3.09. The normalized spacial score (nSPS) is 10.5. The van der Waals surface area contributed by atoms with E-state index in [9.17, 15) is 0 Å². The number of halogens is 1. The van der Waals surface area contributed by atoms with E-state index >= 15 is 0 Å². The molecule has 0 aliphatic carbocycles. The van der Waals surface area contributed by atoms with Crippen molar-refractivity contribution in [3.8, 4) is 0 Å². The van der Waals surface area contributed by atoms with Crippen LogP contribution in [-0.2, 0) is 13.1 Å². The maximum atomic E-state index is 5.83. The third-order valence-corrected chi connectivity index (χ3v) is 3.26. The number of hydrogen-bond donors (Lipinski definition) is 1. The first kappa shape index (κ1) is 10.6. The van der Waals surface area contributed by atoms with E-state index in [1.54, 1.807) is 17.5 Å². The van der Waals surface area contributed by atoms with E-state index in [0.717, 1.165) is 18.1 Å². The van der Waals surface area contributed by atoms with Crippen LogP contribution in [0.25, 0.3) is 0 Å². The van der Waals surface area contributed by atoms with Crippen molar-refractivity contribution in [1.29, 1.82) is 0 Å². The van der Waals surface area contributed by atoms with Crippen LogP contribution in [0.2, 0.25) is 5.02 Å². The number of nitrogens with zero attached hydrogens (tertiary/aromatic N) is 1. The molecule has 0 fully saturated rings. The Bertz CT molecular complexity index is 414. The van der Waals surface area contributed by atoms with Gasteiger partial charge >= 0.3 is 0 Å². The van der Waals surface area contributed by atoms with Crippen LogP contribution < -0.4 is 5.32 Å². The Labute approximate surface area is 97.9 Å². The van der Waals surface area contributed by atoms with Crippen LogP contribution in [0.1, 0.15) is 10.4 Å². The Kier molecular flexibility index (Phi) is 3.72. The second-order valence-corrected chi connectivity index (χ2v) is 4.63. The average Bonchev–Trinajstić information content (AvgIpc) is 2.66. The lowest BCUT2D eigenvalue weighted by Gasteiger charge is -2.01. The number of aromatic nitrogens is 1. The lowest BCUT2D eigenvalue weighted by Crippen LogP contribution is -2.11. The van der Waals surface area contributed by atoms with E-state index in [-0.39, 0.29) is 0 Å². The summed E-state index contributed by atoms with van der Waals surface area (Å²) in [7, 11) is 0. The standard InChI is InChI=1S/C11H11ClN2S/c12-10-4-11(15-8-10)7-14-6-9-2-1-3-13-5-9/h1-5,8,14H,6-7H2. The number of nitrogens with one attached hydrogen (secondary N) is 1. The smallest absolute Gasteiger partial charge is 0.0516 e. The molecule has 2 nitrogen and oxygen atoms in total. The second-order valence-electron chi connectivity index (χ2n) is 3.20. The van der Waals surface area contributed by atoms with Crippen molar-refractivity contribution in [2.75, 3.05) is 0 Å². The lowest BCUT2D eigenvalue weighted by molar-refractivity contribution is 0.699. The number of pyridine rings is 1. The summed E-state index contributed by atoms with van der Waals surface area (Å²) >= 11 is 7.50. The van der Waals surface area contributed by atoms with Gasteiger partial charge in [0.15, 0.2) is 0 Å². The highest BCUT2D eigenvalue weighted by Gasteiger charge is 1.97. The minimum Gasteiger partial charge on any atom is -0.308 e. The third-order valence-electron chi connectivity index (χ3n) is 1.97. The fraction of sp³-hybridized carbons (Fsp3) is 0.182. The molecule has 0 amide bonds. The molecule has 78 valence electrons. The van der Waals surface area contributed by atoms with Gasteiger partial charge in [-0.15, -0.1) is 11.3 Å². The predicted molar refractivity (Wildman–Crippen MR) is 64.1 cm³/mol. The zero-order valence-electron chi connectivity index (χ0n) is 8.11. The number of hydrogen-bond acceptors (Lipinski definition) is 3. The van der Waals surface area contributed by atoms with Gasteiger partial charge in [0, 0.05) is 35.7 Å². The summed E-state index contributed by atoms with van der Waals surface area (Å²) in [6, 6.07) is 5.99. The van der Waals surface area contributed by atoms with E-state index in [4.69, 9.17) is 11.6 Å². The molecule has 2 aromatic rings. The van der Waals surface area contributed by atoms with E-state index in [2.05, 4.69) is 16.4 Å². The van der Waals surface area contributed by atoms with Crippen LogP contribution in [0.3, 0.4) is 0 Å². The van der Waals surface area contributed by atoms with Gasteiger partial charge in [-0.3, -0.25) is 4.98 Å².